The second-order valence-corrected chi connectivity index (χ2v) is 5.56. The summed E-state index contributed by atoms with van der Waals surface area (Å²) in [6.07, 6.45) is 0.115. The maximum Gasteiger partial charge on any atom is 0.377 e. The topological polar surface area (TPSA) is 52.6 Å². The number of rotatable bonds is 2. The predicted octanol–water partition coefficient (Wildman–Crippen LogP) is 1.91. The maximum atomic E-state index is 12.9. The predicted molar refractivity (Wildman–Crippen MR) is 56.9 cm³/mol. The summed E-state index contributed by atoms with van der Waals surface area (Å²) in [5.41, 5.74) is -0.972. The van der Waals surface area contributed by atoms with Crippen LogP contribution in [0.15, 0.2) is 0 Å². The van der Waals surface area contributed by atoms with Gasteiger partial charge in [-0.15, -0.1) is 0 Å². The molecule has 2 aliphatic rings. The Kier molecular flexibility index (Phi) is 2.87. The van der Waals surface area contributed by atoms with E-state index in [1.54, 1.807) is 13.8 Å². The Morgan fingerprint density at radius 1 is 1.56 bits per heavy atom. The van der Waals surface area contributed by atoms with E-state index in [9.17, 15) is 18.4 Å². The molecule has 6 heteroatoms. The first-order valence-corrected chi connectivity index (χ1v) is 5.95. The van der Waals surface area contributed by atoms with Gasteiger partial charge < -0.3 is 9.47 Å². The van der Waals surface area contributed by atoms with Crippen molar-refractivity contribution in [1.29, 1.82) is 0 Å². The van der Waals surface area contributed by atoms with Crippen molar-refractivity contribution in [2.24, 2.45) is 11.8 Å². The summed E-state index contributed by atoms with van der Waals surface area (Å²) in [5.74, 6) is -5.81. The number of alkyl halides is 2. The minimum absolute atomic E-state index is 0.175. The summed E-state index contributed by atoms with van der Waals surface area (Å²) in [7, 11) is 0. The molecule has 0 amide bonds. The molecule has 1 saturated carbocycles. The van der Waals surface area contributed by atoms with Crippen molar-refractivity contribution in [2.45, 2.75) is 51.2 Å². The van der Waals surface area contributed by atoms with Crippen molar-refractivity contribution in [1.82, 2.24) is 0 Å². The van der Waals surface area contributed by atoms with Crippen molar-refractivity contribution in [3.63, 3.8) is 0 Å². The average molecular weight is 262 g/mol. The molecule has 102 valence electrons. The van der Waals surface area contributed by atoms with Gasteiger partial charge in [0.2, 0.25) is 0 Å². The Morgan fingerprint density at radius 3 is 2.72 bits per heavy atom. The van der Waals surface area contributed by atoms with Gasteiger partial charge in [-0.3, -0.25) is 4.79 Å². The third-order valence-corrected chi connectivity index (χ3v) is 3.69. The highest BCUT2D eigenvalue weighted by atomic mass is 19.3. The first kappa shape index (κ1) is 13.2. The lowest BCUT2D eigenvalue weighted by Gasteiger charge is -2.39. The fourth-order valence-corrected chi connectivity index (χ4v) is 2.91. The van der Waals surface area contributed by atoms with Crippen molar-refractivity contribution < 1.29 is 27.8 Å². The number of carbonyl (C=O) groups excluding carboxylic acids is 2. The second kappa shape index (κ2) is 3.90. The van der Waals surface area contributed by atoms with Crippen molar-refractivity contribution in [3.05, 3.63) is 0 Å². The van der Waals surface area contributed by atoms with Gasteiger partial charge in [-0.05, 0) is 19.3 Å². The van der Waals surface area contributed by atoms with Crippen molar-refractivity contribution in [2.75, 3.05) is 0 Å². The van der Waals surface area contributed by atoms with Gasteiger partial charge in [-0.2, -0.15) is 8.78 Å². The largest absolute Gasteiger partial charge is 0.455 e. The highest BCUT2D eigenvalue weighted by Crippen LogP contribution is 2.46. The first-order valence-electron chi connectivity index (χ1n) is 5.95. The van der Waals surface area contributed by atoms with E-state index in [0.29, 0.717) is 19.8 Å². The molecule has 2 fully saturated rings. The monoisotopic (exact) mass is 262 g/mol. The molecule has 1 heterocycles. The van der Waals surface area contributed by atoms with E-state index in [1.807, 2.05) is 0 Å². The number of hydrogen-bond acceptors (Lipinski definition) is 4. The lowest BCUT2D eigenvalue weighted by molar-refractivity contribution is -0.196. The number of fused-ring (bicyclic) bond motifs is 2. The van der Waals surface area contributed by atoms with E-state index < -0.39 is 23.6 Å². The Labute approximate surface area is 104 Å². The number of hydrogen-bond donors (Lipinski definition) is 0. The molecule has 18 heavy (non-hydrogen) atoms. The van der Waals surface area contributed by atoms with Crippen molar-refractivity contribution >= 4 is 11.9 Å². The minimum Gasteiger partial charge on any atom is -0.455 e. The third-order valence-electron chi connectivity index (χ3n) is 3.69. The van der Waals surface area contributed by atoms with Crippen LogP contribution in [-0.4, -0.2) is 29.6 Å². The Hall–Kier alpha value is -1.20. The van der Waals surface area contributed by atoms with Crippen LogP contribution in [-0.2, 0) is 19.1 Å². The van der Waals surface area contributed by atoms with Crippen LogP contribution in [0.5, 0.6) is 0 Å². The summed E-state index contributed by atoms with van der Waals surface area (Å²) in [4.78, 5) is 22.8. The number of ether oxygens (including phenoxy) is 2. The zero-order chi connectivity index (χ0) is 13.7. The highest BCUT2D eigenvalue weighted by Gasteiger charge is 2.57. The fourth-order valence-electron chi connectivity index (χ4n) is 2.91. The summed E-state index contributed by atoms with van der Waals surface area (Å²) in [6.45, 7) is 3.90. The zero-order valence-corrected chi connectivity index (χ0v) is 10.5. The standard InChI is InChI=1S/C12H16F2O4/c1-6-4-7-5-11(2,18-9(7)15)8(6)17-10(16)12(3,13)14/h6-8H,4-5H2,1-3H3. The Morgan fingerprint density at radius 2 is 2.17 bits per heavy atom. The molecule has 4 nitrogen and oxygen atoms in total. The number of carbonyl (C=O) groups is 2. The molecule has 4 atom stereocenters. The smallest absolute Gasteiger partial charge is 0.377 e. The highest BCUT2D eigenvalue weighted by molar-refractivity contribution is 5.78. The van der Waals surface area contributed by atoms with Gasteiger partial charge in [-0.25, -0.2) is 4.79 Å². The Balaban J connectivity index is 2.17. The SMILES string of the molecule is CC1CC2CC(C)(OC2=O)C1OC(=O)C(C)(F)F. The molecule has 0 aromatic rings. The maximum absolute atomic E-state index is 12.9. The summed E-state index contributed by atoms with van der Waals surface area (Å²) in [6, 6.07) is 0. The quantitative estimate of drug-likeness (QED) is 0.713. The van der Waals surface area contributed by atoms with Crippen LogP contribution in [0.2, 0.25) is 0 Å². The molecule has 2 bridgehead atoms. The van der Waals surface area contributed by atoms with Crippen LogP contribution in [0.1, 0.15) is 33.6 Å². The van der Waals surface area contributed by atoms with Gasteiger partial charge >= 0.3 is 17.9 Å². The van der Waals surface area contributed by atoms with Crippen LogP contribution in [0.4, 0.5) is 8.78 Å². The molecular weight excluding hydrogens is 246 g/mol. The minimum atomic E-state index is -3.53. The average Bonchev–Trinajstić information content (AvgIpc) is 2.44. The van der Waals surface area contributed by atoms with Crippen LogP contribution in [0.25, 0.3) is 0 Å². The second-order valence-electron chi connectivity index (χ2n) is 5.56. The molecule has 0 aromatic carbocycles. The van der Waals surface area contributed by atoms with Gasteiger partial charge in [0.25, 0.3) is 0 Å². The summed E-state index contributed by atoms with van der Waals surface area (Å²) >= 11 is 0. The van der Waals surface area contributed by atoms with Crippen LogP contribution in [0, 0.1) is 11.8 Å². The van der Waals surface area contributed by atoms with Crippen LogP contribution < -0.4 is 0 Å². The van der Waals surface area contributed by atoms with Gasteiger partial charge in [0.05, 0.1) is 5.92 Å². The molecule has 0 spiro atoms. The van der Waals surface area contributed by atoms with E-state index in [2.05, 4.69) is 0 Å². The van der Waals surface area contributed by atoms with Gasteiger partial charge in [0, 0.05) is 13.3 Å². The van der Waals surface area contributed by atoms with E-state index in [-0.39, 0.29) is 17.8 Å². The van der Waals surface area contributed by atoms with E-state index in [1.165, 1.54) is 0 Å². The molecule has 0 radical (unpaired) electrons. The normalized spacial score (nSPS) is 39.4. The van der Waals surface area contributed by atoms with Gasteiger partial charge in [-0.1, -0.05) is 6.92 Å². The summed E-state index contributed by atoms with van der Waals surface area (Å²) < 4.78 is 35.8. The molecule has 2 rings (SSSR count). The van der Waals surface area contributed by atoms with Crippen LogP contribution >= 0.6 is 0 Å². The van der Waals surface area contributed by atoms with E-state index >= 15 is 0 Å². The van der Waals surface area contributed by atoms with Crippen LogP contribution in [0.3, 0.4) is 0 Å². The third kappa shape index (κ3) is 2.08. The summed E-state index contributed by atoms with van der Waals surface area (Å²) in [5, 5.41) is 0. The molecule has 1 aliphatic carbocycles. The molecule has 4 unspecified atom stereocenters. The molecule has 1 aliphatic heterocycles. The van der Waals surface area contributed by atoms with Crippen molar-refractivity contribution in [3.8, 4) is 0 Å². The number of halogens is 2. The lowest BCUT2D eigenvalue weighted by Crippen LogP contribution is -2.50. The molecule has 1 saturated heterocycles. The van der Waals surface area contributed by atoms with Gasteiger partial charge in [0.1, 0.15) is 11.7 Å². The Bertz CT molecular complexity index is 390. The number of esters is 2. The van der Waals surface area contributed by atoms with E-state index in [0.717, 1.165) is 0 Å². The fraction of sp³-hybridized carbons (Fsp3) is 0.833. The van der Waals surface area contributed by atoms with E-state index in [4.69, 9.17) is 9.47 Å². The molecular formula is C12H16F2O4. The lowest BCUT2D eigenvalue weighted by atomic mass is 9.74. The zero-order valence-electron chi connectivity index (χ0n) is 10.5. The van der Waals surface area contributed by atoms with Gasteiger partial charge in [0.15, 0.2) is 0 Å². The first-order chi connectivity index (χ1) is 8.13. The molecule has 0 aromatic heterocycles. The molecule has 0 N–H and O–H groups in total.